The first-order valence-electron chi connectivity index (χ1n) is 5.69. The van der Waals surface area contributed by atoms with Gasteiger partial charge in [-0.3, -0.25) is 0 Å². The fourth-order valence-electron chi connectivity index (χ4n) is 2.32. The van der Waals surface area contributed by atoms with Gasteiger partial charge in [-0.25, -0.2) is 9.48 Å². The molecule has 19 heavy (non-hydrogen) atoms. The number of carboxylic acid groups (broad SMARTS) is 1. The number of aromatic nitrogens is 3. The number of aromatic carboxylic acids is 1. The van der Waals surface area contributed by atoms with Gasteiger partial charge in [-0.15, -0.1) is 5.10 Å². The van der Waals surface area contributed by atoms with Crippen LogP contribution in [0.25, 0.3) is 0 Å². The molecule has 0 spiro atoms. The molecule has 1 fully saturated rings. The number of nitrogens with zero attached hydrogens (tertiary/aromatic N) is 3. The number of alkyl halides is 3. The Hall–Kier alpha value is -1.64. The lowest BCUT2D eigenvalue weighted by atomic mass is 10.0. The molecule has 2 N–H and O–H groups in total. The quantitative estimate of drug-likeness (QED) is 0.870. The van der Waals surface area contributed by atoms with Gasteiger partial charge in [0.2, 0.25) is 5.69 Å². The molecule has 0 amide bonds. The zero-order valence-electron chi connectivity index (χ0n) is 9.81. The molecule has 2 rings (SSSR count). The standard InChI is InChI=1S/C10H12F3N3O3/c11-10(12,13)7-6(8(17)18)14-15-16(7)5-9(19)3-1-2-4-9/h19H,1-5H2,(H,17,18). The molecule has 0 bridgehead atoms. The molecule has 6 nitrogen and oxygen atoms in total. The van der Waals surface area contributed by atoms with Crippen LogP contribution >= 0.6 is 0 Å². The van der Waals surface area contributed by atoms with Crippen LogP contribution in [0.15, 0.2) is 0 Å². The van der Waals surface area contributed by atoms with Crippen molar-refractivity contribution in [2.75, 3.05) is 0 Å². The number of hydrogen-bond donors (Lipinski definition) is 2. The molecule has 106 valence electrons. The van der Waals surface area contributed by atoms with Gasteiger partial charge in [0.15, 0.2) is 5.69 Å². The van der Waals surface area contributed by atoms with Crippen molar-refractivity contribution in [2.45, 2.75) is 44.0 Å². The molecule has 1 saturated carbocycles. The Morgan fingerprint density at radius 3 is 2.42 bits per heavy atom. The molecule has 1 aromatic rings. The van der Waals surface area contributed by atoms with E-state index in [2.05, 4.69) is 10.3 Å². The predicted octanol–water partition coefficient (Wildman–Crippen LogP) is 1.30. The van der Waals surface area contributed by atoms with Crippen LogP contribution in [-0.4, -0.2) is 36.8 Å². The summed E-state index contributed by atoms with van der Waals surface area (Å²) in [6.07, 6.45) is -2.71. The molecule has 9 heteroatoms. The third-order valence-electron chi connectivity index (χ3n) is 3.18. The Bertz CT molecular complexity index is 492. The Balaban J connectivity index is 2.38. The van der Waals surface area contributed by atoms with Gasteiger partial charge >= 0.3 is 12.1 Å². The summed E-state index contributed by atoms with van der Waals surface area (Å²) in [6.45, 7) is -0.401. The van der Waals surface area contributed by atoms with Crippen molar-refractivity contribution in [3.63, 3.8) is 0 Å². The van der Waals surface area contributed by atoms with Crippen LogP contribution < -0.4 is 0 Å². The normalized spacial score (nSPS) is 18.7. The maximum Gasteiger partial charge on any atom is 0.435 e. The molecule has 0 saturated heterocycles. The molecule has 1 aliphatic rings. The van der Waals surface area contributed by atoms with Crippen molar-refractivity contribution in [1.29, 1.82) is 0 Å². The predicted molar refractivity (Wildman–Crippen MR) is 55.4 cm³/mol. The average molecular weight is 279 g/mol. The number of halogens is 3. The van der Waals surface area contributed by atoms with E-state index in [4.69, 9.17) is 5.11 Å². The van der Waals surface area contributed by atoms with Gasteiger partial charge < -0.3 is 10.2 Å². The third-order valence-corrected chi connectivity index (χ3v) is 3.18. The van der Waals surface area contributed by atoms with E-state index in [0.717, 1.165) is 12.8 Å². The highest BCUT2D eigenvalue weighted by molar-refractivity contribution is 5.86. The van der Waals surface area contributed by atoms with Crippen LogP contribution in [-0.2, 0) is 12.7 Å². The molecule has 0 radical (unpaired) electrons. The van der Waals surface area contributed by atoms with Crippen LogP contribution in [0.3, 0.4) is 0 Å². The maximum absolute atomic E-state index is 12.9. The monoisotopic (exact) mass is 279 g/mol. The second-order valence-electron chi connectivity index (χ2n) is 4.68. The van der Waals surface area contributed by atoms with Crippen molar-refractivity contribution in [2.24, 2.45) is 0 Å². The number of aliphatic hydroxyl groups is 1. The first-order chi connectivity index (χ1) is 8.73. The van der Waals surface area contributed by atoms with E-state index in [9.17, 15) is 23.1 Å². The van der Waals surface area contributed by atoms with Crippen LogP contribution in [0.5, 0.6) is 0 Å². The molecular weight excluding hydrogens is 267 g/mol. The highest BCUT2D eigenvalue weighted by Gasteiger charge is 2.43. The lowest BCUT2D eigenvalue weighted by molar-refractivity contribution is -0.146. The second kappa shape index (κ2) is 4.48. The molecule has 1 heterocycles. The highest BCUT2D eigenvalue weighted by Crippen LogP contribution is 2.35. The van der Waals surface area contributed by atoms with Crippen molar-refractivity contribution >= 4 is 5.97 Å². The SMILES string of the molecule is O=C(O)c1nnn(CC2(O)CCCC2)c1C(F)(F)F. The lowest BCUT2D eigenvalue weighted by Gasteiger charge is -2.22. The summed E-state index contributed by atoms with van der Waals surface area (Å²) in [5.74, 6) is -1.79. The summed E-state index contributed by atoms with van der Waals surface area (Å²) in [5.41, 5.74) is -3.85. The van der Waals surface area contributed by atoms with E-state index in [-0.39, 0.29) is 0 Å². The summed E-state index contributed by atoms with van der Waals surface area (Å²) in [5, 5.41) is 25.0. The van der Waals surface area contributed by atoms with Gasteiger partial charge in [0.05, 0.1) is 12.1 Å². The summed E-state index contributed by atoms with van der Waals surface area (Å²) in [7, 11) is 0. The topological polar surface area (TPSA) is 88.2 Å². The van der Waals surface area contributed by atoms with Crippen molar-refractivity contribution in [3.8, 4) is 0 Å². The maximum atomic E-state index is 12.9. The van der Waals surface area contributed by atoms with Crippen LogP contribution in [0.2, 0.25) is 0 Å². The van der Waals surface area contributed by atoms with E-state index < -0.39 is 35.7 Å². The van der Waals surface area contributed by atoms with Crippen molar-refractivity contribution in [1.82, 2.24) is 15.0 Å². The fraction of sp³-hybridized carbons (Fsp3) is 0.700. The lowest BCUT2D eigenvalue weighted by Crippen LogP contribution is -2.33. The largest absolute Gasteiger partial charge is 0.476 e. The Kier molecular flexibility index (Phi) is 3.25. The van der Waals surface area contributed by atoms with E-state index in [1.165, 1.54) is 0 Å². The average Bonchev–Trinajstić information content (AvgIpc) is 2.84. The highest BCUT2D eigenvalue weighted by atomic mass is 19.4. The molecule has 0 aliphatic heterocycles. The molecule has 0 aromatic carbocycles. The van der Waals surface area contributed by atoms with Crippen molar-refractivity contribution in [3.05, 3.63) is 11.4 Å². The van der Waals surface area contributed by atoms with E-state index in [0.29, 0.717) is 17.5 Å². The van der Waals surface area contributed by atoms with Crippen LogP contribution in [0.4, 0.5) is 13.2 Å². The zero-order chi connectivity index (χ0) is 14.3. The van der Waals surface area contributed by atoms with Crippen molar-refractivity contribution < 1.29 is 28.2 Å². The first kappa shape index (κ1) is 13.8. The fourth-order valence-corrected chi connectivity index (χ4v) is 2.32. The Morgan fingerprint density at radius 2 is 1.95 bits per heavy atom. The Labute approximate surface area is 105 Å². The zero-order valence-corrected chi connectivity index (χ0v) is 9.81. The van der Waals surface area contributed by atoms with Crippen LogP contribution in [0.1, 0.15) is 41.9 Å². The van der Waals surface area contributed by atoms with Gasteiger partial charge in [0.25, 0.3) is 0 Å². The molecule has 0 atom stereocenters. The minimum Gasteiger partial charge on any atom is -0.476 e. The molecule has 1 aliphatic carbocycles. The van der Waals surface area contributed by atoms with Gasteiger partial charge in [0, 0.05) is 0 Å². The van der Waals surface area contributed by atoms with Gasteiger partial charge in [-0.2, -0.15) is 13.2 Å². The van der Waals surface area contributed by atoms with Gasteiger partial charge in [0.1, 0.15) is 0 Å². The second-order valence-corrected chi connectivity index (χ2v) is 4.68. The smallest absolute Gasteiger partial charge is 0.435 e. The Morgan fingerprint density at radius 1 is 1.37 bits per heavy atom. The number of carboxylic acids is 1. The minimum atomic E-state index is -4.88. The summed E-state index contributed by atoms with van der Waals surface area (Å²) in [4.78, 5) is 10.7. The number of rotatable bonds is 3. The molecule has 0 unspecified atom stereocenters. The summed E-state index contributed by atoms with van der Waals surface area (Å²) < 4.78 is 39.0. The van der Waals surface area contributed by atoms with Crippen LogP contribution in [0, 0.1) is 0 Å². The van der Waals surface area contributed by atoms with E-state index >= 15 is 0 Å². The molecular formula is C10H12F3N3O3. The molecule has 1 aromatic heterocycles. The third kappa shape index (κ3) is 2.70. The summed E-state index contributed by atoms with van der Waals surface area (Å²) >= 11 is 0. The van der Waals surface area contributed by atoms with E-state index in [1.54, 1.807) is 0 Å². The van der Waals surface area contributed by atoms with Gasteiger partial charge in [-0.1, -0.05) is 18.1 Å². The minimum absolute atomic E-state index is 0.368. The van der Waals surface area contributed by atoms with Gasteiger partial charge in [-0.05, 0) is 12.8 Å². The summed E-state index contributed by atoms with van der Waals surface area (Å²) in [6, 6.07) is 0. The number of carbonyl (C=O) groups is 1. The number of hydrogen-bond acceptors (Lipinski definition) is 4. The first-order valence-corrected chi connectivity index (χ1v) is 5.69. The van der Waals surface area contributed by atoms with E-state index in [1.807, 2.05) is 0 Å².